The number of hydrogen-bond acceptors (Lipinski definition) is 2. The third-order valence-electron chi connectivity index (χ3n) is 5.58. The Bertz CT molecular complexity index is 247. The van der Waals surface area contributed by atoms with Gasteiger partial charge in [0.1, 0.15) is 5.54 Å². The Morgan fingerprint density at radius 2 is 1.40 bits per heavy atom. The Hall–Kier alpha value is -0.400. The Morgan fingerprint density at radius 1 is 0.900 bits per heavy atom. The van der Waals surface area contributed by atoms with E-state index in [0.717, 1.165) is 41.4 Å². The lowest BCUT2D eigenvalue weighted by Crippen LogP contribution is -3.08. The Balaban J connectivity index is 1.85. The first-order valence-corrected chi connectivity index (χ1v) is 4.27. The molecular weight excluding hydrogens is 126 g/mol. The summed E-state index contributed by atoms with van der Waals surface area (Å²) in [5.74, 6) is 6.59. The van der Waals surface area contributed by atoms with Gasteiger partial charge >= 0.3 is 0 Å². The van der Waals surface area contributed by atoms with Crippen molar-refractivity contribution < 1.29 is 0 Å². The second-order valence-corrected chi connectivity index (χ2v) is 4.87. The van der Waals surface area contributed by atoms with E-state index in [1.165, 1.54) is 0 Å². The molecule has 6 aliphatic rings. The molecule has 2 heteroatoms. The average molecular weight is 133 g/mol. The smallest absolute Gasteiger partial charge is 0.113 e. The van der Waals surface area contributed by atoms with Gasteiger partial charge in [0.05, 0.1) is 0 Å². The van der Waals surface area contributed by atoms with Crippen LogP contribution in [0.15, 0.2) is 5.18 Å². The fourth-order valence-electron chi connectivity index (χ4n) is 5.55. The van der Waals surface area contributed by atoms with Crippen LogP contribution >= 0.6 is 0 Å². The lowest BCUT2D eigenvalue weighted by Gasteiger charge is -3.05. The van der Waals surface area contributed by atoms with Crippen LogP contribution in [0.25, 0.3) is 0 Å². The lowest BCUT2D eigenvalue weighted by atomic mass is 8.99. The van der Waals surface area contributed by atoms with Crippen molar-refractivity contribution in [2.75, 3.05) is 0 Å². The molecule has 0 amide bonds. The average Bonchev–Trinajstić information content (AvgIpc) is 2.05. The quantitative estimate of drug-likeness (QED) is 0.488. The van der Waals surface area contributed by atoms with Crippen LogP contribution < -0.4 is 0 Å². The number of nitrogens with zero attached hydrogens (tertiary/aromatic N) is 1. The molecule has 0 aromatic heterocycles. The minimum atomic E-state index is 0.0781. The van der Waals surface area contributed by atoms with E-state index in [1.54, 1.807) is 0 Å². The zero-order chi connectivity index (χ0) is 6.25. The van der Waals surface area contributed by atoms with Crippen molar-refractivity contribution >= 4 is 0 Å². The Morgan fingerprint density at radius 3 is 1.70 bits per heavy atom. The van der Waals surface area contributed by atoms with Crippen molar-refractivity contribution in [2.45, 2.75) is 5.54 Å². The molecule has 0 heterocycles. The van der Waals surface area contributed by atoms with E-state index < -0.39 is 0 Å². The summed E-state index contributed by atoms with van der Waals surface area (Å²) in [5.41, 5.74) is 0.0781. The van der Waals surface area contributed by atoms with Crippen LogP contribution in [-0.4, -0.2) is 5.54 Å². The molecule has 0 unspecified atom stereocenters. The first kappa shape index (κ1) is 3.84. The van der Waals surface area contributed by atoms with Crippen LogP contribution in [-0.2, 0) is 0 Å². The summed E-state index contributed by atoms with van der Waals surface area (Å²) in [4.78, 5) is 10.5. The molecule has 0 bridgehead atoms. The highest BCUT2D eigenvalue weighted by atomic mass is 16.3. The van der Waals surface area contributed by atoms with Crippen molar-refractivity contribution in [1.82, 2.24) is 0 Å². The Kier molecular flexibility index (Phi) is 0.250. The van der Waals surface area contributed by atoms with Gasteiger partial charge in [0.15, 0.2) is 0 Å². The van der Waals surface area contributed by atoms with Gasteiger partial charge in [0.2, 0.25) is 0 Å². The third kappa shape index (κ3) is 0.103. The van der Waals surface area contributed by atoms with Gasteiger partial charge in [-0.1, -0.05) is 5.18 Å². The summed E-state index contributed by atoms with van der Waals surface area (Å²) in [6.07, 6.45) is 0. The van der Waals surface area contributed by atoms with Crippen molar-refractivity contribution in [3.63, 3.8) is 0 Å². The number of rotatable bonds is 1. The predicted octanol–water partition coefficient (Wildman–Crippen LogP) is 0.873. The van der Waals surface area contributed by atoms with Gasteiger partial charge < -0.3 is 0 Å². The molecule has 0 N–H and O–H groups in total. The van der Waals surface area contributed by atoms with Crippen LogP contribution in [0.5, 0.6) is 0 Å². The molecule has 0 atom stereocenters. The van der Waals surface area contributed by atoms with E-state index in [0.29, 0.717) is 0 Å². The van der Waals surface area contributed by atoms with Gasteiger partial charge in [-0.15, -0.1) is 0 Å². The topological polar surface area (TPSA) is 29.4 Å². The predicted molar refractivity (Wildman–Crippen MR) is 33.0 cm³/mol. The fourth-order valence-corrected chi connectivity index (χ4v) is 5.55. The molecule has 0 aliphatic heterocycles. The van der Waals surface area contributed by atoms with E-state index in [9.17, 15) is 4.91 Å². The molecule has 0 aromatic rings. The summed E-state index contributed by atoms with van der Waals surface area (Å²) in [5, 5.41) is 3.37. The maximum Gasteiger partial charge on any atom is 0.113 e. The normalized spacial score (nSPS) is 95.8. The van der Waals surface area contributed by atoms with Gasteiger partial charge in [0, 0.05) is 0 Å². The minimum absolute atomic E-state index is 0.0781. The van der Waals surface area contributed by atoms with E-state index >= 15 is 0 Å². The van der Waals surface area contributed by atoms with Crippen molar-refractivity contribution in [3.05, 3.63) is 4.91 Å². The molecular formula is C8H7NO. The van der Waals surface area contributed by atoms with E-state index in [4.69, 9.17) is 0 Å². The van der Waals surface area contributed by atoms with E-state index in [-0.39, 0.29) is 5.54 Å². The van der Waals surface area contributed by atoms with Crippen LogP contribution in [0.2, 0.25) is 0 Å². The van der Waals surface area contributed by atoms with Crippen LogP contribution in [0.4, 0.5) is 0 Å². The molecule has 6 rings (SSSR count). The molecule has 6 aliphatic carbocycles. The molecule has 2 nitrogen and oxygen atoms in total. The maximum absolute atomic E-state index is 10.5. The highest BCUT2D eigenvalue weighted by Gasteiger charge is 3.06. The second kappa shape index (κ2) is 0.652. The molecule has 6 fully saturated rings. The SMILES string of the molecule is O=NC12C3C4C5C3C1C5C42. The highest BCUT2D eigenvalue weighted by Crippen LogP contribution is 3.03. The third-order valence-corrected chi connectivity index (χ3v) is 5.58. The number of nitroso groups, excluding NO2 is 1. The highest BCUT2D eigenvalue weighted by molar-refractivity contribution is 5.54. The molecule has 10 heavy (non-hydrogen) atoms. The standard InChI is InChI=1S/C8H7NO/c10-9-8-5-2-1-3(5)7(8)4(1)6(2)8/h1-7H. The molecule has 0 spiro atoms. The summed E-state index contributed by atoms with van der Waals surface area (Å²) in [6.45, 7) is 0. The first-order chi connectivity index (χ1) is 4.93. The van der Waals surface area contributed by atoms with Gasteiger partial charge in [-0.25, -0.2) is 0 Å². The van der Waals surface area contributed by atoms with Gasteiger partial charge in [-0.2, -0.15) is 4.91 Å². The molecule has 0 radical (unpaired) electrons. The zero-order valence-corrected chi connectivity index (χ0v) is 5.40. The van der Waals surface area contributed by atoms with Gasteiger partial charge in [-0.05, 0) is 41.4 Å². The summed E-state index contributed by atoms with van der Waals surface area (Å²) in [6, 6.07) is 0. The minimum Gasteiger partial charge on any atom is -0.150 e. The molecule has 6 saturated carbocycles. The van der Waals surface area contributed by atoms with Gasteiger partial charge in [0.25, 0.3) is 0 Å². The van der Waals surface area contributed by atoms with Crippen LogP contribution in [0.3, 0.4) is 0 Å². The van der Waals surface area contributed by atoms with Crippen LogP contribution in [0.1, 0.15) is 0 Å². The van der Waals surface area contributed by atoms with E-state index in [1.807, 2.05) is 0 Å². The summed E-state index contributed by atoms with van der Waals surface area (Å²) in [7, 11) is 0. The number of hydrogen-bond donors (Lipinski definition) is 0. The molecule has 0 saturated heterocycles. The summed E-state index contributed by atoms with van der Waals surface area (Å²) >= 11 is 0. The van der Waals surface area contributed by atoms with Crippen molar-refractivity contribution in [3.8, 4) is 0 Å². The molecule has 0 aromatic carbocycles. The van der Waals surface area contributed by atoms with E-state index in [2.05, 4.69) is 5.18 Å². The fraction of sp³-hybridized carbons (Fsp3) is 1.00. The van der Waals surface area contributed by atoms with Crippen molar-refractivity contribution in [2.24, 2.45) is 46.6 Å². The monoisotopic (exact) mass is 133 g/mol. The van der Waals surface area contributed by atoms with Gasteiger partial charge in [-0.3, -0.25) is 0 Å². The zero-order valence-electron chi connectivity index (χ0n) is 5.40. The largest absolute Gasteiger partial charge is 0.150 e. The summed E-state index contributed by atoms with van der Waals surface area (Å²) < 4.78 is 0. The molecule has 50 valence electrons. The Labute approximate surface area is 58.0 Å². The maximum atomic E-state index is 10.5. The lowest BCUT2D eigenvalue weighted by molar-refractivity contribution is -0.571. The first-order valence-electron chi connectivity index (χ1n) is 4.27. The second-order valence-electron chi connectivity index (χ2n) is 4.87. The van der Waals surface area contributed by atoms with Crippen LogP contribution in [0, 0.1) is 46.3 Å². The van der Waals surface area contributed by atoms with Crippen molar-refractivity contribution in [1.29, 1.82) is 0 Å².